The number of nitrogens with one attached hydrogen (secondary N) is 1. The lowest BCUT2D eigenvalue weighted by molar-refractivity contribution is 0.180. The zero-order chi connectivity index (χ0) is 13.8. The molecule has 0 aromatic heterocycles. The molecule has 0 amide bonds. The van der Waals surface area contributed by atoms with Gasteiger partial charge in [-0.25, -0.2) is 0 Å². The van der Waals surface area contributed by atoms with Crippen LogP contribution in [0.1, 0.15) is 50.6 Å². The van der Waals surface area contributed by atoms with Crippen molar-refractivity contribution >= 4 is 27.5 Å². The number of halogens is 2. The van der Waals surface area contributed by atoms with Crippen molar-refractivity contribution in [1.82, 2.24) is 5.32 Å². The predicted octanol–water partition coefficient (Wildman–Crippen LogP) is 5.58. The Hall–Kier alpha value is -0.0500. The first-order valence-corrected chi connectivity index (χ1v) is 8.46. The van der Waals surface area contributed by atoms with Crippen molar-refractivity contribution in [2.75, 3.05) is 7.05 Å². The fourth-order valence-corrected chi connectivity index (χ4v) is 4.15. The zero-order valence-corrected chi connectivity index (χ0v) is 14.1. The van der Waals surface area contributed by atoms with Crippen molar-refractivity contribution < 1.29 is 0 Å². The van der Waals surface area contributed by atoms with Gasteiger partial charge in [0.1, 0.15) is 0 Å². The van der Waals surface area contributed by atoms with Gasteiger partial charge in [0.15, 0.2) is 0 Å². The second-order valence-corrected chi connectivity index (χ2v) is 6.87. The Labute approximate surface area is 130 Å². The Bertz CT molecular complexity index is 421. The Morgan fingerprint density at radius 2 is 2.11 bits per heavy atom. The maximum absolute atomic E-state index is 6.42. The van der Waals surface area contributed by atoms with Crippen LogP contribution < -0.4 is 5.32 Å². The minimum atomic E-state index is 0.371. The van der Waals surface area contributed by atoms with Crippen LogP contribution in [-0.4, -0.2) is 7.05 Å². The monoisotopic (exact) mass is 343 g/mol. The lowest BCUT2D eigenvalue weighted by Crippen LogP contribution is -2.32. The van der Waals surface area contributed by atoms with E-state index in [2.05, 4.69) is 41.3 Å². The average Bonchev–Trinajstić information content (AvgIpc) is 2.44. The Morgan fingerprint density at radius 1 is 1.37 bits per heavy atom. The molecule has 1 aliphatic rings. The summed E-state index contributed by atoms with van der Waals surface area (Å²) < 4.78 is 1.11. The summed E-state index contributed by atoms with van der Waals surface area (Å²) in [5.41, 5.74) is 1.24. The van der Waals surface area contributed by atoms with Crippen LogP contribution in [0.3, 0.4) is 0 Å². The fourth-order valence-electron chi connectivity index (χ4n) is 3.54. The third-order valence-electron chi connectivity index (χ3n) is 4.52. The van der Waals surface area contributed by atoms with E-state index in [9.17, 15) is 0 Å². The van der Waals surface area contributed by atoms with E-state index in [4.69, 9.17) is 11.6 Å². The van der Waals surface area contributed by atoms with Gasteiger partial charge in [-0.15, -0.1) is 0 Å². The standard InChI is InChI=1S/C16H23BrClN/c1-3-11-6-4-5-7-13(11)16(19-2)14-10-12(17)8-9-15(14)18/h8-11,13,16,19H,3-7H2,1-2H3. The molecule has 1 aromatic carbocycles. The van der Waals surface area contributed by atoms with Gasteiger partial charge < -0.3 is 5.32 Å². The van der Waals surface area contributed by atoms with Gasteiger partial charge in [-0.2, -0.15) is 0 Å². The minimum Gasteiger partial charge on any atom is -0.313 e. The van der Waals surface area contributed by atoms with E-state index < -0.39 is 0 Å². The van der Waals surface area contributed by atoms with Crippen LogP contribution in [0.4, 0.5) is 0 Å². The van der Waals surface area contributed by atoms with Crippen LogP contribution in [0.25, 0.3) is 0 Å². The highest BCUT2D eigenvalue weighted by Crippen LogP contribution is 2.42. The predicted molar refractivity (Wildman–Crippen MR) is 86.7 cm³/mol. The van der Waals surface area contributed by atoms with Crippen molar-refractivity contribution in [3.05, 3.63) is 33.3 Å². The molecular weight excluding hydrogens is 322 g/mol. The van der Waals surface area contributed by atoms with Gasteiger partial charge in [-0.05, 0) is 49.1 Å². The first-order valence-electron chi connectivity index (χ1n) is 7.29. The summed E-state index contributed by atoms with van der Waals surface area (Å²) in [5, 5.41) is 4.39. The van der Waals surface area contributed by atoms with Crippen molar-refractivity contribution in [1.29, 1.82) is 0 Å². The summed E-state index contributed by atoms with van der Waals surface area (Å²) in [7, 11) is 2.06. The van der Waals surface area contributed by atoms with Crippen LogP contribution in [0.15, 0.2) is 22.7 Å². The molecule has 1 aliphatic carbocycles. The molecule has 1 saturated carbocycles. The SMILES string of the molecule is CCC1CCCCC1C(NC)c1cc(Br)ccc1Cl. The largest absolute Gasteiger partial charge is 0.313 e. The minimum absolute atomic E-state index is 0.371. The highest BCUT2D eigenvalue weighted by Gasteiger charge is 2.31. The summed E-state index contributed by atoms with van der Waals surface area (Å²) >= 11 is 9.98. The maximum Gasteiger partial charge on any atom is 0.0454 e. The second kappa shape index (κ2) is 7.10. The first kappa shape index (κ1) is 15.3. The Kier molecular flexibility index (Phi) is 5.73. The van der Waals surface area contributed by atoms with Crippen molar-refractivity contribution in [3.63, 3.8) is 0 Å². The zero-order valence-electron chi connectivity index (χ0n) is 11.8. The maximum atomic E-state index is 6.42. The van der Waals surface area contributed by atoms with Gasteiger partial charge in [-0.3, -0.25) is 0 Å². The van der Waals surface area contributed by atoms with E-state index in [0.29, 0.717) is 12.0 Å². The van der Waals surface area contributed by atoms with E-state index >= 15 is 0 Å². The second-order valence-electron chi connectivity index (χ2n) is 5.55. The van der Waals surface area contributed by atoms with E-state index in [0.717, 1.165) is 15.4 Å². The summed E-state index contributed by atoms with van der Waals surface area (Å²) in [5.74, 6) is 1.52. The molecule has 3 heteroatoms. The van der Waals surface area contributed by atoms with E-state index in [1.165, 1.54) is 37.7 Å². The molecule has 106 valence electrons. The summed E-state index contributed by atoms with van der Waals surface area (Å²) in [6, 6.07) is 6.55. The Balaban J connectivity index is 2.29. The van der Waals surface area contributed by atoms with Gasteiger partial charge in [0.2, 0.25) is 0 Å². The molecule has 0 spiro atoms. The fraction of sp³-hybridized carbons (Fsp3) is 0.625. The molecule has 1 fully saturated rings. The first-order chi connectivity index (χ1) is 9.17. The molecule has 19 heavy (non-hydrogen) atoms. The highest BCUT2D eigenvalue weighted by molar-refractivity contribution is 9.10. The summed E-state index contributed by atoms with van der Waals surface area (Å²) in [6.07, 6.45) is 6.69. The lowest BCUT2D eigenvalue weighted by atomic mass is 9.72. The van der Waals surface area contributed by atoms with Gasteiger partial charge in [0, 0.05) is 15.5 Å². The molecule has 3 atom stereocenters. The number of hydrogen-bond donors (Lipinski definition) is 1. The number of hydrogen-bond acceptors (Lipinski definition) is 1. The Morgan fingerprint density at radius 3 is 2.79 bits per heavy atom. The molecule has 3 unspecified atom stereocenters. The number of benzene rings is 1. The molecule has 1 N–H and O–H groups in total. The molecule has 0 saturated heterocycles. The van der Waals surface area contributed by atoms with Gasteiger partial charge in [0.05, 0.1) is 0 Å². The van der Waals surface area contributed by atoms with Crippen LogP contribution in [0.5, 0.6) is 0 Å². The summed E-state index contributed by atoms with van der Waals surface area (Å²) in [6.45, 7) is 2.32. The molecule has 1 nitrogen and oxygen atoms in total. The normalized spacial score (nSPS) is 25.3. The van der Waals surface area contributed by atoms with Crippen LogP contribution in [-0.2, 0) is 0 Å². The van der Waals surface area contributed by atoms with Crippen LogP contribution >= 0.6 is 27.5 Å². The van der Waals surface area contributed by atoms with E-state index in [1.54, 1.807) is 0 Å². The molecule has 0 bridgehead atoms. The molecule has 0 heterocycles. The van der Waals surface area contributed by atoms with Gasteiger partial charge in [0.25, 0.3) is 0 Å². The lowest BCUT2D eigenvalue weighted by Gasteiger charge is -2.37. The quantitative estimate of drug-likeness (QED) is 0.752. The van der Waals surface area contributed by atoms with Crippen molar-refractivity contribution in [2.24, 2.45) is 11.8 Å². The van der Waals surface area contributed by atoms with Gasteiger partial charge >= 0.3 is 0 Å². The summed E-state index contributed by atoms with van der Waals surface area (Å²) in [4.78, 5) is 0. The molecule has 1 aromatic rings. The van der Waals surface area contributed by atoms with Crippen LogP contribution in [0.2, 0.25) is 5.02 Å². The van der Waals surface area contributed by atoms with Crippen molar-refractivity contribution in [2.45, 2.75) is 45.1 Å². The van der Waals surface area contributed by atoms with E-state index in [-0.39, 0.29) is 0 Å². The molecular formula is C16H23BrClN. The highest BCUT2D eigenvalue weighted by atomic mass is 79.9. The van der Waals surface area contributed by atoms with Gasteiger partial charge in [-0.1, -0.05) is 60.1 Å². The topological polar surface area (TPSA) is 12.0 Å². The number of rotatable bonds is 4. The molecule has 0 aliphatic heterocycles. The third-order valence-corrected chi connectivity index (χ3v) is 5.36. The smallest absolute Gasteiger partial charge is 0.0454 e. The average molecular weight is 345 g/mol. The van der Waals surface area contributed by atoms with E-state index in [1.807, 2.05) is 12.1 Å². The molecule has 0 radical (unpaired) electrons. The third kappa shape index (κ3) is 3.53. The van der Waals surface area contributed by atoms with Crippen LogP contribution in [0, 0.1) is 11.8 Å². The van der Waals surface area contributed by atoms with Crippen molar-refractivity contribution in [3.8, 4) is 0 Å². The molecule has 2 rings (SSSR count).